The number of nitrogens with one attached hydrogen (secondary N) is 1. The van der Waals surface area contributed by atoms with Crippen LogP contribution >= 0.6 is 35.4 Å². The Hall–Kier alpha value is -1.29. The second kappa shape index (κ2) is 6.65. The second-order valence-electron chi connectivity index (χ2n) is 4.89. The van der Waals surface area contributed by atoms with Gasteiger partial charge >= 0.3 is 0 Å². The first kappa shape index (κ1) is 16.1. The van der Waals surface area contributed by atoms with E-state index in [0.29, 0.717) is 15.0 Å². The fourth-order valence-corrected chi connectivity index (χ4v) is 2.95. The van der Waals surface area contributed by atoms with Crippen molar-refractivity contribution >= 4 is 46.1 Å². The molecule has 0 spiro atoms. The number of halogens is 2. The fraction of sp³-hybridized carbons (Fsp3) is 0.188. The summed E-state index contributed by atoms with van der Waals surface area (Å²) in [4.78, 5) is 0.371. The van der Waals surface area contributed by atoms with Crippen LogP contribution in [0.25, 0.3) is 0 Å². The number of thiocarbonyl (C=S) groups is 1. The minimum atomic E-state index is 0.00367. The maximum absolute atomic E-state index is 6.26. The van der Waals surface area contributed by atoms with Crippen LogP contribution < -0.4 is 11.1 Å². The predicted molar refractivity (Wildman–Crippen MR) is 95.6 cm³/mol. The number of benzene rings is 2. The van der Waals surface area contributed by atoms with Gasteiger partial charge in [0.1, 0.15) is 4.99 Å². The van der Waals surface area contributed by atoms with Crippen molar-refractivity contribution in [3.8, 4) is 0 Å². The molecule has 2 rings (SSSR count). The molecule has 2 aromatic rings. The third-order valence-corrected chi connectivity index (χ3v) is 4.11. The van der Waals surface area contributed by atoms with E-state index in [0.717, 1.165) is 22.4 Å². The molecule has 0 aliphatic heterocycles. The first-order valence-corrected chi connectivity index (χ1v) is 7.67. The molecule has 0 aliphatic rings. The number of hydrogen-bond donors (Lipinski definition) is 2. The van der Waals surface area contributed by atoms with Crippen LogP contribution in [0.2, 0.25) is 10.0 Å². The standard InChI is InChI=1S/C16H16Cl2N2S/c1-9-4-3-5-13(16(19)21)15(9)20-10(2)12-7-6-11(17)8-14(12)18/h3-8,10,20H,1-2H3,(H2,19,21). The Balaban J connectivity index is 2.36. The molecule has 0 saturated carbocycles. The van der Waals surface area contributed by atoms with E-state index in [1.165, 1.54) is 0 Å². The molecule has 2 nitrogen and oxygen atoms in total. The molecule has 2 aromatic carbocycles. The van der Waals surface area contributed by atoms with Crippen molar-refractivity contribution in [3.05, 3.63) is 63.1 Å². The maximum Gasteiger partial charge on any atom is 0.106 e. The zero-order valence-electron chi connectivity index (χ0n) is 11.8. The topological polar surface area (TPSA) is 38.0 Å². The fourth-order valence-electron chi connectivity index (χ4n) is 2.21. The van der Waals surface area contributed by atoms with Crippen LogP contribution in [0.3, 0.4) is 0 Å². The lowest BCUT2D eigenvalue weighted by atomic mass is 10.0. The highest BCUT2D eigenvalue weighted by Gasteiger charge is 2.14. The Labute approximate surface area is 140 Å². The van der Waals surface area contributed by atoms with Gasteiger partial charge in [-0.3, -0.25) is 0 Å². The van der Waals surface area contributed by atoms with Gasteiger partial charge in [0.25, 0.3) is 0 Å². The van der Waals surface area contributed by atoms with Gasteiger partial charge in [0.15, 0.2) is 0 Å². The van der Waals surface area contributed by atoms with Crippen LogP contribution in [0.5, 0.6) is 0 Å². The highest BCUT2D eigenvalue weighted by Crippen LogP contribution is 2.30. The summed E-state index contributed by atoms with van der Waals surface area (Å²) in [6, 6.07) is 11.4. The van der Waals surface area contributed by atoms with E-state index >= 15 is 0 Å². The summed E-state index contributed by atoms with van der Waals surface area (Å²) in [5.41, 5.74) is 9.62. The van der Waals surface area contributed by atoms with Gasteiger partial charge in [-0.15, -0.1) is 0 Å². The zero-order chi connectivity index (χ0) is 15.6. The number of rotatable bonds is 4. The van der Waals surface area contributed by atoms with Gasteiger partial charge < -0.3 is 11.1 Å². The Bertz CT molecular complexity index is 686. The van der Waals surface area contributed by atoms with E-state index in [4.69, 9.17) is 41.2 Å². The summed E-state index contributed by atoms with van der Waals surface area (Å²) in [7, 11) is 0. The summed E-state index contributed by atoms with van der Waals surface area (Å²) in [6.07, 6.45) is 0. The molecule has 0 bridgehead atoms. The second-order valence-corrected chi connectivity index (χ2v) is 6.18. The lowest BCUT2D eigenvalue weighted by Gasteiger charge is -2.21. The molecule has 0 amide bonds. The molecule has 0 fully saturated rings. The SMILES string of the molecule is Cc1cccc(C(N)=S)c1NC(C)c1ccc(Cl)cc1Cl. The van der Waals surface area contributed by atoms with Crippen molar-refractivity contribution in [3.63, 3.8) is 0 Å². The Morgan fingerprint density at radius 2 is 1.95 bits per heavy atom. The third-order valence-electron chi connectivity index (χ3n) is 3.33. The molecule has 21 heavy (non-hydrogen) atoms. The molecule has 0 radical (unpaired) electrons. The molecule has 1 unspecified atom stereocenters. The number of nitrogens with two attached hydrogens (primary N) is 1. The molecule has 5 heteroatoms. The smallest absolute Gasteiger partial charge is 0.106 e. The zero-order valence-corrected chi connectivity index (χ0v) is 14.1. The Morgan fingerprint density at radius 1 is 1.24 bits per heavy atom. The molecule has 0 saturated heterocycles. The summed E-state index contributed by atoms with van der Waals surface area (Å²) >= 11 is 17.3. The van der Waals surface area contributed by atoms with Crippen molar-refractivity contribution in [1.29, 1.82) is 0 Å². The first-order chi connectivity index (χ1) is 9.90. The van der Waals surface area contributed by atoms with Crippen LogP contribution in [0.1, 0.15) is 29.7 Å². The van der Waals surface area contributed by atoms with Gasteiger partial charge in [-0.2, -0.15) is 0 Å². The molecule has 3 N–H and O–H groups in total. The van der Waals surface area contributed by atoms with E-state index < -0.39 is 0 Å². The minimum absolute atomic E-state index is 0.00367. The van der Waals surface area contributed by atoms with Crippen molar-refractivity contribution in [2.45, 2.75) is 19.9 Å². The Morgan fingerprint density at radius 3 is 2.57 bits per heavy atom. The van der Waals surface area contributed by atoms with Gasteiger partial charge in [0.2, 0.25) is 0 Å². The number of hydrogen-bond acceptors (Lipinski definition) is 2. The number of aryl methyl sites for hydroxylation is 1. The summed E-state index contributed by atoms with van der Waals surface area (Å²) in [5, 5.41) is 4.70. The van der Waals surface area contributed by atoms with Crippen LogP contribution in [0.15, 0.2) is 36.4 Å². The number of anilines is 1. The lowest BCUT2D eigenvalue weighted by molar-refractivity contribution is 0.882. The van der Waals surface area contributed by atoms with E-state index in [9.17, 15) is 0 Å². The van der Waals surface area contributed by atoms with E-state index in [1.54, 1.807) is 6.07 Å². The number of para-hydroxylation sites is 1. The normalized spacial score (nSPS) is 12.0. The molecule has 0 aromatic heterocycles. The van der Waals surface area contributed by atoms with E-state index in [1.807, 2.05) is 44.2 Å². The van der Waals surface area contributed by atoms with Crippen molar-refractivity contribution in [2.75, 3.05) is 5.32 Å². The van der Waals surface area contributed by atoms with E-state index in [-0.39, 0.29) is 6.04 Å². The van der Waals surface area contributed by atoms with Gasteiger partial charge in [-0.05, 0) is 43.2 Å². The predicted octanol–water partition coefficient (Wildman–Crippen LogP) is 5.11. The largest absolute Gasteiger partial charge is 0.389 e. The molecular weight excluding hydrogens is 323 g/mol. The highest BCUT2D eigenvalue weighted by atomic mass is 35.5. The van der Waals surface area contributed by atoms with Crippen molar-refractivity contribution < 1.29 is 0 Å². The van der Waals surface area contributed by atoms with Crippen molar-refractivity contribution in [2.24, 2.45) is 5.73 Å². The van der Waals surface area contributed by atoms with Crippen LogP contribution in [0.4, 0.5) is 5.69 Å². The first-order valence-electron chi connectivity index (χ1n) is 6.51. The van der Waals surface area contributed by atoms with Crippen molar-refractivity contribution in [1.82, 2.24) is 0 Å². The lowest BCUT2D eigenvalue weighted by Crippen LogP contribution is -2.16. The van der Waals surface area contributed by atoms with Crippen LogP contribution in [-0.2, 0) is 0 Å². The molecule has 0 aliphatic carbocycles. The van der Waals surface area contributed by atoms with Gasteiger partial charge in [-0.1, -0.05) is 53.6 Å². The molecular formula is C16H16Cl2N2S. The highest BCUT2D eigenvalue weighted by molar-refractivity contribution is 7.80. The maximum atomic E-state index is 6.26. The molecule has 110 valence electrons. The average Bonchev–Trinajstić information content (AvgIpc) is 2.40. The van der Waals surface area contributed by atoms with Gasteiger partial charge in [0, 0.05) is 21.3 Å². The monoisotopic (exact) mass is 338 g/mol. The van der Waals surface area contributed by atoms with Crippen LogP contribution in [-0.4, -0.2) is 4.99 Å². The summed E-state index contributed by atoms with van der Waals surface area (Å²) in [5.74, 6) is 0. The van der Waals surface area contributed by atoms with Gasteiger partial charge in [-0.25, -0.2) is 0 Å². The molecule has 0 heterocycles. The summed E-state index contributed by atoms with van der Waals surface area (Å²) < 4.78 is 0. The summed E-state index contributed by atoms with van der Waals surface area (Å²) in [6.45, 7) is 4.05. The molecule has 1 atom stereocenters. The quantitative estimate of drug-likeness (QED) is 0.760. The minimum Gasteiger partial charge on any atom is -0.389 e. The third kappa shape index (κ3) is 3.67. The van der Waals surface area contributed by atoms with Crippen LogP contribution in [0, 0.1) is 6.92 Å². The average molecular weight is 339 g/mol. The van der Waals surface area contributed by atoms with Gasteiger partial charge in [0.05, 0.1) is 6.04 Å². The van der Waals surface area contributed by atoms with E-state index in [2.05, 4.69) is 5.32 Å². The Kier molecular flexibility index (Phi) is 5.09.